The molecular weight excluding hydrogens is 340 g/mol. The van der Waals surface area contributed by atoms with Crippen LogP contribution >= 0.6 is 11.6 Å². The molecule has 0 aliphatic heterocycles. The van der Waals surface area contributed by atoms with E-state index < -0.39 is 5.91 Å². The Morgan fingerprint density at radius 2 is 1.96 bits per heavy atom. The molecular formula is C18H13ClN4O2. The molecule has 0 unspecified atom stereocenters. The third-order valence-corrected chi connectivity index (χ3v) is 3.71. The Morgan fingerprint density at radius 1 is 1.16 bits per heavy atom. The van der Waals surface area contributed by atoms with Crippen LogP contribution in [0.25, 0.3) is 22.0 Å². The summed E-state index contributed by atoms with van der Waals surface area (Å²) in [4.78, 5) is 30.8. The number of nitrogens with one attached hydrogen (secondary N) is 1. The lowest BCUT2D eigenvalue weighted by Gasteiger charge is -2.09. The molecule has 0 fully saturated rings. The second-order valence-corrected chi connectivity index (χ2v) is 5.69. The van der Waals surface area contributed by atoms with Gasteiger partial charge in [0.2, 0.25) is 11.7 Å². The minimum Gasteiger partial charge on any atom is -0.363 e. The van der Waals surface area contributed by atoms with Crippen LogP contribution in [0.15, 0.2) is 55.3 Å². The number of hydrogen-bond donors (Lipinski definition) is 2. The zero-order valence-corrected chi connectivity index (χ0v) is 13.7. The van der Waals surface area contributed by atoms with Gasteiger partial charge in [0.05, 0.1) is 5.52 Å². The van der Waals surface area contributed by atoms with E-state index in [0.717, 1.165) is 16.5 Å². The van der Waals surface area contributed by atoms with Crippen LogP contribution in [0.3, 0.4) is 0 Å². The Morgan fingerprint density at radius 3 is 2.68 bits per heavy atom. The van der Waals surface area contributed by atoms with Crippen LogP contribution < -0.4 is 11.1 Å². The number of aromatic nitrogens is 2. The molecule has 3 rings (SSSR count). The number of carbonyl (C=O) groups is 2. The zero-order chi connectivity index (χ0) is 18.0. The molecule has 25 heavy (non-hydrogen) atoms. The third-order valence-electron chi connectivity index (χ3n) is 3.49. The van der Waals surface area contributed by atoms with Gasteiger partial charge in [0.1, 0.15) is 0 Å². The zero-order valence-electron chi connectivity index (χ0n) is 13.0. The molecule has 0 aliphatic rings. The molecule has 0 bridgehead atoms. The van der Waals surface area contributed by atoms with E-state index in [1.807, 2.05) is 12.1 Å². The first-order valence-electron chi connectivity index (χ1n) is 7.27. The summed E-state index contributed by atoms with van der Waals surface area (Å²) in [6.07, 6.45) is 2.72. The van der Waals surface area contributed by atoms with Crippen molar-refractivity contribution < 1.29 is 9.59 Å². The fourth-order valence-electron chi connectivity index (χ4n) is 2.34. The van der Waals surface area contributed by atoms with E-state index in [1.165, 1.54) is 6.08 Å². The first-order valence-corrected chi connectivity index (χ1v) is 7.65. The van der Waals surface area contributed by atoms with Crippen LogP contribution in [-0.2, 0) is 4.79 Å². The first kappa shape index (κ1) is 16.6. The van der Waals surface area contributed by atoms with E-state index >= 15 is 0 Å². The van der Waals surface area contributed by atoms with Gasteiger partial charge in [-0.2, -0.15) is 0 Å². The SMILES string of the molecule is C=CC(=O)Nc1cc(Cl)cc(-c2ccc3cnc(C(N)=O)nc3c2)c1. The second-order valence-electron chi connectivity index (χ2n) is 5.25. The van der Waals surface area contributed by atoms with Crippen molar-refractivity contribution in [2.45, 2.75) is 0 Å². The number of primary amides is 1. The van der Waals surface area contributed by atoms with Crippen molar-refractivity contribution in [1.82, 2.24) is 9.97 Å². The fourth-order valence-corrected chi connectivity index (χ4v) is 2.58. The molecule has 0 saturated heterocycles. The Bertz CT molecular complexity index is 1020. The Balaban J connectivity index is 2.07. The molecule has 1 heterocycles. The molecule has 0 saturated carbocycles. The van der Waals surface area contributed by atoms with Crippen molar-refractivity contribution >= 4 is 40.0 Å². The van der Waals surface area contributed by atoms with E-state index in [2.05, 4.69) is 21.9 Å². The van der Waals surface area contributed by atoms with E-state index in [1.54, 1.807) is 30.5 Å². The normalized spacial score (nSPS) is 10.4. The number of halogens is 1. The summed E-state index contributed by atoms with van der Waals surface area (Å²) in [5.41, 5.74) is 7.96. The number of nitrogens with two attached hydrogens (primary N) is 1. The Labute approximate surface area is 148 Å². The van der Waals surface area contributed by atoms with Gasteiger partial charge in [-0.1, -0.05) is 30.3 Å². The molecule has 2 aromatic carbocycles. The van der Waals surface area contributed by atoms with E-state index in [-0.39, 0.29) is 11.7 Å². The lowest BCUT2D eigenvalue weighted by Crippen LogP contribution is -2.14. The number of benzene rings is 2. The number of nitrogens with zero attached hydrogens (tertiary/aromatic N) is 2. The minimum atomic E-state index is -0.690. The van der Waals surface area contributed by atoms with Crippen molar-refractivity contribution in [1.29, 1.82) is 0 Å². The highest BCUT2D eigenvalue weighted by Gasteiger charge is 2.08. The molecule has 3 N–H and O–H groups in total. The second kappa shape index (κ2) is 6.70. The Hall–Kier alpha value is -3.25. The summed E-state index contributed by atoms with van der Waals surface area (Å²) >= 11 is 6.15. The maximum atomic E-state index is 11.5. The number of amides is 2. The number of carbonyl (C=O) groups excluding carboxylic acids is 2. The average molecular weight is 353 g/mol. The first-order chi connectivity index (χ1) is 12.0. The van der Waals surface area contributed by atoms with E-state index in [0.29, 0.717) is 16.2 Å². The van der Waals surface area contributed by atoms with Crippen molar-refractivity contribution in [2.24, 2.45) is 5.73 Å². The van der Waals surface area contributed by atoms with E-state index in [9.17, 15) is 9.59 Å². The molecule has 124 valence electrons. The van der Waals surface area contributed by atoms with Gasteiger partial charge in [-0.15, -0.1) is 0 Å². The predicted molar refractivity (Wildman–Crippen MR) is 97.3 cm³/mol. The summed E-state index contributed by atoms with van der Waals surface area (Å²) in [5, 5.41) is 3.92. The van der Waals surface area contributed by atoms with Crippen LogP contribution in [0.1, 0.15) is 10.6 Å². The van der Waals surface area contributed by atoms with Gasteiger partial charge in [-0.05, 0) is 41.5 Å². The molecule has 0 aliphatic carbocycles. The molecule has 2 amide bonds. The largest absolute Gasteiger partial charge is 0.363 e. The van der Waals surface area contributed by atoms with Gasteiger partial charge in [0.25, 0.3) is 5.91 Å². The standard InChI is InChI=1S/C18H13ClN4O2/c1-2-16(24)22-14-6-12(5-13(19)8-14)10-3-4-11-9-21-18(17(20)25)23-15(11)7-10/h2-9H,1H2,(H2,20,25)(H,22,24). The van der Waals surface area contributed by atoms with Crippen LogP contribution in [0.2, 0.25) is 5.02 Å². The minimum absolute atomic E-state index is 0.0466. The van der Waals surface area contributed by atoms with Crippen molar-refractivity contribution in [3.05, 3.63) is 66.1 Å². The van der Waals surface area contributed by atoms with Gasteiger partial charge < -0.3 is 11.1 Å². The van der Waals surface area contributed by atoms with Crippen molar-refractivity contribution in [2.75, 3.05) is 5.32 Å². The highest BCUT2D eigenvalue weighted by Crippen LogP contribution is 2.29. The van der Waals surface area contributed by atoms with Crippen LogP contribution in [0.4, 0.5) is 5.69 Å². The monoisotopic (exact) mass is 352 g/mol. The number of rotatable bonds is 4. The molecule has 6 nitrogen and oxygen atoms in total. The van der Waals surface area contributed by atoms with Crippen LogP contribution in [0, 0.1) is 0 Å². The number of hydrogen-bond acceptors (Lipinski definition) is 4. The van der Waals surface area contributed by atoms with Gasteiger partial charge in [-0.3, -0.25) is 9.59 Å². The van der Waals surface area contributed by atoms with Crippen molar-refractivity contribution in [3.8, 4) is 11.1 Å². The summed E-state index contributed by atoms with van der Waals surface area (Å²) < 4.78 is 0. The van der Waals surface area contributed by atoms with Crippen LogP contribution in [0.5, 0.6) is 0 Å². The molecule has 0 radical (unpaired) electrons. The summed E-state index contributed by atoms with van der Waals surface area (Å²) in [6.45, 7) is 3.42. The van der Waals surface area contributed by atoms with Gasteiger partial charge in [0, 0.05) is 22.3 Å². The molecule has 0 atom stereocenters. The average Bonchev–Trinajstić information content (AvgIpc) is 2.60. The quantitative estimate of drug-likeness (QED) is 0.704. The highest BCUT2D eigenvalue weighted by molar-refractivity contribution is 6.31. The Kier molecular flexibility index (Phi) is 4.45. The van der Waals surface area contributed by atoms with Crippen molar-refractivity contribution in [3.63, 3.8) is 0 Å². The van der Waals surface area contributed by atoms with E-state index in [4.69, 9.17) is 17.3 Å². The summed E-state index contributed by atoms with van der Waals surface area (Å²) in [5.74, 6) is -1.07. The van der Waals surface area contributed by atoms with Gasteiger partial charge in [-0.25, -0.2) is 9.97 Å². The third kappa shape index (κ3) is 3.64. The van der Waals surface area contributed by atoms with Gasteiger partial charge >= 0.3 is 0 Å². The maximum absolute atomic E-state index is 11.5. The fraction of sp³-hybridized carbons (Fsp3) is 0. The summed E-state index contributed by atoms with van der Waals surface area (Å²) in [6, 6.07) is 10.7. The summed E-state index contributed by atoms with van der Waals surface area (Å²) in [7, 11) is 0. The van der Waals surface area contributed by atoms with Crippen LogP contribution in [-0.4, -0.2) is 21.8 Å². The lowest BCUT2D eigenvalue weighted by molar-refractivity contribution is -0.111. The molecule has 1 aromatic heterocycles. The molecule has 7 heteroatoms. The maximum Gasteiger partial charge on any atom is 0.286 e. The lowest BCUT2D eigenvalue weighted by atomic mass is 10.0. The smallest absolute Gasteiger partial charge is 0.286 e. The number of anilines is 1. The topological polar surface area (TPSA) is 98.0 Å². The molecule has 0 spiro atoms. The highest BCUT2D eigenvalue weighted by atomic mass is 35.5. The molecule has 3 aromatic rings. The number of fused-ring (bicyclic) bond motifs is 1. The predicted octanol–water partition coefficient (Wildman–Crippen LogP) is 3.17. The van der Waals surface area contributed by atoms with Gasteiger partial charge in [0.15, 0.2) is 0 Å².